The van der Waals surface area contributed by atoms with Crippen LogP contribution in [0.15, 0.2) is 42.5 Å². The third-order valence-corrected chi connectivity index (χ3v) is 2.31. The van der Waals surface area contributed by atoms with Crippen molar-refractivity contribution in [3.05, 3.63) is 65.5 Å². The first-order valence-corrected chi connectivity index (χ1v) is 5.09. The van der Waals surface area contributed by atoms with E-state index < -0.39 is 17.5 Å². The highest BCUT2D eigenvalue weighted by Gasteiger charge is 2.09. The van der Waals surface area contributed by atoms with Gasteiger partial charge in [-0.15, -0.1) is 0 Å². The van der Waals surface area contributed by atoms with Crippen LogP contribution >= 0.6 is 0 Å². The molecule has 88 valence electrons. The lowest BCUT2D eigenvalue weighted by Crippen LogP contribution is -2.02. The fourth-order valence-electron chi connectivity index (χ4n) is 1.47. The van der Waals surface area contributed by atoms with E-state index in [9.17, 15) is 13.2 Å². The molecular weight excluding hydrogens is 227 g/mol. The minimum atomic E-state index is -1.44. The van der Waals surface area contributed by atoms with Crippen LogP contribution in [0.25, 0.3) is 0 Å². The van der Waals surface area contributed by atoms with E-state index in [0.29, 0.717) is 5.56 Å². The summed E-state index contributed by atoms with van der Waals surface area (Å²) in [5, 5.41) is 2.98. The second-order valence-electron chi connectivity index (χ2n) is 3.59. The predicted molar refractivity (Wildman–Crippen MR) is 60.1 cm³/mol. The van der Waals surface area contributed by atoms with E-state index in [1.807, 2.05) is 30.3 Å². The summed E-state index contributed by atoms with van der Waals surface area (Å²) >= 11 is 0. The summed E-state index contributed by atoms with van der Waals surface area (Å²) in [5.74, 6) is -3.78. The van der Waals surface area contributed by atoms with Gasteiger partial charge in [0.25, 0.3) is 0 Å². The molecule has 17 heavy (non-hydrogen) atoms. The van der Waals surface area contributed by atoms with Crippen molar-refractivity contribution >= 4 is 5.69 Å². The van der Waals surface area contributed by atoms with Crippen molar-refractivity contribution in [2.24, 2.45) is 0 Å². The number of nitrogens with one attached hydrogen (secondary N) is 1. The molecule has 0 radical (unpaired) electrons. The monoisotopic (exact) mass is 237 g/mol. The standard InChI is InChI=1S/C13H10F3N/c14-11-6-9(7-12(15)13(11)16)8-17-10-4-2-1-3-5-10/h1-7,17H,8H2. The molecule has 0 heterocycles. The van der Waals surface area contributed by atoms with Gasteiger partial charge in [-0.1, -0.05) is 18.2 Å². The Morgan fingerprint density at radius 1 is 0.882 bits per heavy atom. The van der Waals surface area contributed by atoms with Gasteiger partial charge in [0.2, 0.25) is 0 Å². The fraction of sp³-hybridized carbons (Fsp3) is 0.0769. The van der Waals surface area contributed by atoms with E-state index in [1.54, 1.807) is 0 Å². The zero-order chi connectivity index (χ0) is 12.3. The second-order valence-corrected chi connectivity index (χ2v) is 3.59. The van der Waals surface area contributed by atoms with Crippen LogP contribution in [-0.4, -0.2) is 0 Å². The molecule has 0 aromatic heterocycles. The van der Waals surface area contributed by atoms with Crippen molar-refractivity contribution in [2.45, 2.75) is 6.54 Å². The van der Waals surface area contributed by atoms with E-state index >= 15 is 0 Å². The minimum Gasteiger partial charge on any atom is -0.381 e. The van der Waals surface area contributed by atoms with Gasteiger partial charge >= 0.3 is 0 Å². The normalized spacial score (nSPS) is 10.3. The van der Waals surface area contributed by atoms with E-state index in [1.165, 1.54) is 0 Å². The highest BCUT2D eigenvalue weighted by Crippen LogP contribution is 2.15. The SMILES string of the molecule is Fc1cc(CNc2ccccc2)cc(F)c1F. The molecule has 0 atom stereocenters. The Morgan fingerprint density at radius 2 is 1.47 bits per heavy atom. The van der Waals surface area contributed by atoms with Gasteiger partial charge in [0.15, 0.2) is 17.5 Å². The zero-order valence-electron chi connectivity index (χ0n) is 8.88. The quantitative estimate of drug-likeness (QED) is 0.802. The van der Waals surface area contributed by atoms with E-state index in [4.69, 9.17) is 0 Å². The first-order valence-electron chi connectivity index (χ1n) is 5.09. The topological polar surface area (TPSA) is 12.0 Å². The molecule has 0 bridgehead atoms. The van der Waals surface area contributed by atoms with E-state index in [2.05, 4.69) is 5.32 Å². The molecule has 2 rings (SSSR count). The number of anilines is 1. The third kappa shape index (κ3) is 2.78. The van der Waals surface area contributed by atoms with Gasteiger partial charge in [0.1, 0.15) is 0 Å². The molecule has 0 saturated carbocycles. The molecule has 0 aliphatic carbocycles. The highest BCUT2D eigenvalue weighted by atomic mass is 19.2. The Kier molecular flexibility index (Phi) is 3.32. The smallest absolute Gasteiger partial charge is 0.194 e. The van der Waals surface area contributed by atoms with E-state index in [-0.39, 0.29) is 6.54 Å². The van der Waals surface area contributed by atoms with Crippen molar-refractivity contribution in [3.63, 3.8) is 0 Å². The van der Waals surface area contributed by atoms with Crippen LogP contribution in [0.4, 0.5) is 18.9 Å². The first kappa shape index (κ1) is 11.5. The van der Waals surface area contributed by atoms with Crippen LogP contribution in [0.2, 0.25) is 0 Å². The number of hydrogen-bond acceptors (Lipinski definition) is 1. The molecule has 1 nitrogen and oxygen atoms in total. The van der Waals surface area contributed by atoms with Crippen LogP contribution < -0.4 is 5.32 Å². The second kappa shape index (κ2) is 4.91. The largest absolute Gasteiger partial charge is 0.381 e. The van der Waals surface area contributed by atoms with Gasteiger partial charge < -0.3 is 5.32 Å². The van der Waals surface area contributed by atoms with Gasteiger partial charge in [-0.05, 0) is 29.8 Å². The summed E-state index contributed by atoms with van der Waals surface area (Å²) in [6.45, 7) is 0.234. The molecule has 0 aliphatic heterocycles. The Morgan fingerprint density at radius 3 is 2.06 bits per heavy atom. The number of hydrogen-bond donors (Lipinski definition) is 1. The maximum Gasteiger partial charge on any atom is 0.194 e. The van der Waals surface area contributed by atoms with Gasteiger partial charge in [-0.2, -0.15) is 0 Å². The number of para-hydroxylation sites is 1. The molecule has 0 fully saturated rings. The Bertz CT molecular complexity index is 488. The summed E-state index contributed by atoms with van der Waals surface area (Å²) in [7, 11) is 0. The lowest BCUT2D eigenvalue weighted by Gasteiger charge is -2.07. The predicted octanol–water partition coefficient (Wildman–Crippen LogP) is 3.72. The van der Waals surface area contributed by atoms with Crippen molar-refractivity contribution in [3.8, 4) is 0 Å². The summed E-state index contributed by atoms with van der Waals surface area (Å²) in [6.07, 6.45) is 0. The molecule has 0 spiro atoms. The molecule has 0 aliphatic rings. The van der Waals surface area contributed by atoms with E-state index in [0.717, 1.165) is 17.8 Å². The minimum absolute atomic E-state index is 0.234. The van der Waals surface area contributed by atoms with Gasteiger partial charge in [0.05, 0.1) is 0 Å². The van der Waals surface area contributed by atoms with Crippen LogP contribution in [-0.2, 0) is 6.54 Å². The Hall–Kier alpha value is -1.97. The maximum absolute atomic E-state index is 12.9. The van der Waals surface area contributed by atoms with Crippen molar-refractivity contribution in [1.82, 2.24) is 0 Å². The average molecular weight is 237 g/mol. The van der Waals surface area contributed by atoms with Crippen LogP contribution in [0.1, 0.15) is 5.56 Å². The Labute approximate surface area is 96.9 Å². The van der Waals surface area contributed by atoms with Gasteiger partial charge in [0, 0.05) is 12.2 Å². The molecule has 0 unspecified atom stereocenters. The molecular formula is C13H10F3N. The third-order valence-electron chi connectivity index (χ3n) is 2.31. The van der Waals surface area contributed by atoms with Gasteiger partial charge in [-0.25, -0.2) is 13.2 Å². The molecule has 0 saturated heterocycles. The van der Waals surface area contributed by atoms with Crippen molar-refractivity contribution in [2.75, 3.05) is 5.32 Å². The lowest BCUT2D eigenvalue weighted by atomic mass is 10.2. The molecule has 1 N–H and O–H groups in total. The van der Waals surface area contributed by atoms with Gasteiger partial charge in [-0.3, -0.25) is 0 Å². The van der Waals surface area contributed by atoms with Crippen LogP contribution in [0.3, 0.4) is 0 Å². The molecule has 4 heteroatoms. The lowest BCUT2D eigenvalue weighted by molar-refractivity contribution is 0.445. The number of halogens is 3. The summed E-state index contributed by atoms with van der Waals surface area (Å²) in [5.41, 5.74) is 1.18. The van der Waals surface area contributed by atoms with Crippen LogP contribution in [0, 0.1) is 17.5 Å². The summed E-state index contributed by atoms with van der Waals surface area (Å²) in [4.78, 5) is 0. The van der Waals surface area contributed by atoms with Crippen molar-refractivity contribution in [1.29, 1.82) is 0 Å². The summed E-state index contributed by atoms with van der Waals surface area (Å²) < 4.78 is 38.5. The fourth-order valence-corrected chi connectivity index (χ4v) is 1.47. The number of benzene rings is 2. The maximum atomic E-state index is 12.9. The number of rotatable bonds is 3. The zero-order valence-corrected chi connectivity index (χ0v) is 8.88. The highest BCUT2D eigenvalue weighted by molar-refractivity contribution is 5.43. The molecule has 2 aromatic rings. The summed E-state index contributed by atoms with van der Waals surface area (Å²) in [6, 6.07) is 11.2. The van der Waals surface area contributed by atoms with Crippen molar-refractivity contribution < 1.29 is 13.2 Å². The molecule has 2 aromatic carbocycles. The van der Waals surface area contributed by atoms with Crippen LogP contribution in [0.5, 0.6) is 0 Å². The Balaban J connectivity index is 2.10. The average Bonchev–Trinajstić information content (AvgIpc) is 2.34. The molecule has 0 amide bonds. The first-order chi connectivity index (χ1) is 8.16.